The van der Waals surface area contributed by atoms with Gasteiger partial charge in [-0.25, -0.2) is 4.79 Å². The minimum absolute atomic E-state index is 0.177. The highest BCUT2D eigenvalue weighted by Gasteiger charge is 2.31. The number of ether oxygens (including phenoxy) is 1. The zero-order chi connectivity index (χ0) is 20.5. The van der Waals surface area contributed by atoms with Gasteiger partial charge in [0.2, 0.25) is 0 Å². The summed E-state index contributed by atoms with van der Waals surface area (Å²) in [5.41, 5.74) is 3.39. The molecular weight excluding hydrogens is 388 g/mol. The Labute approximate surface area is 173 Å². The second-order valence-corrected chi connectivity index (χ2v) is 7.44. The molecule has 0 radical (unpaired) electrons. The lowest BCUT2D eigenvalue weighted by Gasteiger charge is -2.25. The molecule has 3 aromatic rings. The molecule has 29 heavy (non-hydrogen) atoms. The normalized spacial score (nSPS) is 16.2. The van der Waals surface area contributed by atoms with Gasteiger partial charge in [0.05, 0.1) is 28.5 Å². The van der Waals surface area contributed by atoms with Crippen molar-refractivity contribution in [2.75, 3.05) is 6.61 Å². The minimum atomic E-state index is -0.466. The zero-order valence-corrected chi connectivity index (χ0v) is 17.0. The Bertz CT molecular complexity index is 1130. The summed E-state index contributed by atoms with van der Waals surface area (Å²) in [4.78, 5) is 31.0. The van der Waals surface area contributed by atoms with Crippen molar-refractivity contribution in [2.24, 2.45) is 0 Å². The van der Waals surface area contributed by atoms with Gasteiger partial charge in [-0.2, -0.15) is 0 Å². The van der Waals surface area contributed by atoms with Crippen LogP contribution in [0.25, 0.3) is 16.5 Å². The molecule has 1 amide bonds. The van der Waals surface area contributed by atoms with Crippen molar-refractivity contribution < 1.29 is 14.3 Å². The van der Waals surface area contributed by atoms with E-state index in [4.69, 9.17) is 16.3 Å². The summed E-state index contributed by atoms with van der Waals surface area (Å²) in [5.74, 6) is -0.717. The lowest BCUT2D eigenvalue weighted by molar-refractivity contribution is -0.136. The maximum absolute atomic E-state index is 13.3. The Morgan fingerprint density at radius 3 is 2.66 bits per heavy atom. The molecule has 0 bridgehead atoms. The summed E-state index contributed by atoms with van der Waals surface area (Å²) >= 11 is 6.26. The fourth-order valence-corrected chi connectivity index (χ4v) is 3.98. The van der Waals surface area contributed by atoms with Crippen LogP contribution in [0.5, 0.6) is 0 Å². The molecule has 5 nitrogen and oxygen atoms in total. The Morgan fingerprint density at radius 2 is 1.90 bits per heavy atom. The molecule has 2 aromatic carbocycles. The highest BCUT2D eigenvalue weighted by molar-refractivity contribution is 6.34. The number of aromatic amines is 1. The van der Waals surface area contributed by atoms with E-state index in [1.54, 1.807) is 42.3 Å². The summed E-state index contributed by atoms with van der Waals surface area (Å²) in [7, 11) is 0. The van der Waals surface area contributed by atoms with E-state index in [9.17, 15) is 9.59 Å². The number of nitrogens with zero attached hydrogens (tertiary/aromatic N) is 1. The monoisotopic (exact) mass is 408 g/mol. The quantitative estimate of drug-likeness (QED) is 0.632. The van der Waals surface area contributed by atoms with Gasteiger partial charge < -0.3 is 14.6 Å². The number of benzene rings is 2. The molecule has 1 aromatic heterocycles. The summed E-state index contributed by atoms with van der Waals surface area (Å²) in [5, 5.41) is 1.42. The molecule has 0 spiro atoms. The molecule has 1 aliphatic heterocycles. The highest BCUT2D eigenvalue weighted by atomic mass is 35.5. The predicted octanol–water partition coefficient (Wildman–Crippen LogP) is 4.81. The summed E-state index contributed by atoms with van der Waals surface area (Å²) in [6.07, 6.45) is 2.18. The molecule has 1 atom stereocenters. The lowest BCUT2D eigenvalue weighted by Crippen LogP contribution is -2.35. The Morgan fingerprint density at radius 1 is 1.17 bits per heavy atom. The third kappa shape index (κ3) is 3.42. The fraction of sp³-hybridized carbons (Fsp3) is 0.217. The Kier molecular flexibility index (Phi) is 5.16. The van der Waals surface area contributed by atoms with Gasteiger partial charge in [-0.1, -0.05) is 41.9 Å². The van der Waals surface area contributed by atoms with Gasteiger partial charge in [0.25, 0.3) is 5.91 Å². The molecule has 2 heterocycles. The fourth-order valence-electron chi connectivity index (χ4n) is 3.76. The van der Waals surface area contributed by atoms with Crippen LogP contribution >= 0.6 is 11.6 Å². The SMILES string of the molecule is CCOC(=O)C1=CN(C(=O)c2ccccc2Cl)C(C)Cc2c1[nH]c1ccccc21. The van der Waals surface area contributed by atoms with Crippen LogP contribution in [-0.4, -0.2) is 34.4 Å². The van der Waals surface area contributed by atoms with Gasteiger partial charge >= 0.3 is 5.97 Å². The molecule has 1 aliphatic rings. The standard InChI is InChI=1S/C23H21ClN2O3/c1-3-29-23(28)18-13-26(22(27)16-9-4-6-10-19(16)24)14(2)12-17-15-8-5-7-11-20(15)25-21(17)18/h4-11,13-14,25H,3,12H2,1-2H3. The molecule has 4 rings (SSSR count). The maximum atomic E-state index is 13.3. The number of hydrogen-bond acceptors (Lipinski definition) is 3. The first-order chi connectivity index (χ1) is 14.0. The van der Waals surface area contributed by atoms with E-state index in [2.05, 4.69) is 4.98 Å². The van der Waals surface area contributed by atoms with Crippen LogP contribution in [0.3, 0.4) is 0 Å². The third-order valence-corrected chi connectivity index (χ3v) is 5.49. The number of carbonyl (C=O) groups excluding carboxylic acids is 2. The van der Waals surface area contributed by atoms with E-state index in [0.717, 1.165) is 16.5 Å². The Hall–Kier alpha value is -3.05. The number of amides is 1. The first kappa shape index (κ1) is 19.3. The molecule has 1 N–H and O–H groups in total. The van der Waals surface area contributed by atoms with E-state index in [1.165, 1.54) is 0 Å². The smallest absolute Gasteiger partial charge is 0.341 e. The number of para-hydroxylation sites is 1. The van der Waals surface area contributed by atoms with Crippen molar-refractivity contribution in [3.8, 4) is 0 Å². The number of halogens is 1. The second-order valence-electron chi connectivity index (χ2n) is 7.03. The minimum Gasteiger partial charge on any atom is -0.462 e. The third-order valence-electron chi connectivity index (χ3n) is 5.16. The van der Waals surface area contributed by atoms with Crippen LogP contribution in [0, 0.1) is 0 Å². The number of carbonyl (C=O) groups is 2. The number of esters is 1. The molecule has 0 saturated heterocycles. The highest BCUT2D eigenvalue weighted by Crippen LogP contribution is 2.34. The van der Waals surface area contributed by atoms with Crippen molar-refractivity contribution in [3.05, 3.63) is 76.6 Å². The zero-order valence-electron chi connectivity index (χ0n) is 16.2. The van der Waals surface area contributed by atoms with Crippen LogP contribution in [-0.2, 0) is 16.0 Å². The molecule has 1 unspecified atom stereocenters. The van der Waals surface area contributed by atoms with Crippen LogP contribution in [0.15, 0.2) is 54.7 Å². The number of hydrogen-bond donors (Lipinski definition) is 1. The van der Waals surface area contributed by atoms with Gasteiger partial charge in [0, 0.05) is 23.1 Å². The van der Waals surface area contributed by atoms with Gasteiger partial charge in [-0.3, -0.25) is 4.79 Å². The lowest BCUT2D eigenvalue weighted by atomic mass is 10.0. The molecule has 0 fully saturated rings. The van der Waals surface area contributed by atoms with E-state index in [0.29, 0.717) is 28.3 Å². The molecule has 0 aliphatic carbocycles. The van der Waals surface area contributed by atoms with Crippen molar-refractivity contribution >= 4 is 40.0 Å². The summed E-state index contributed by atoms with van der Waals surface area (Å²) < 4.78 is 5.29. The predicted molar refractivity (Wildman–Crippen MR) is 114 cm³/mol. The molecule has 0 saturated carbocycles. The van der Waals surface area contributed by atoms with Crippen molar-refractivity contribution in [1.29, 1.82) is 0 Å². The van der Waals surface area contributed by atoms with Gasteiger partial charge in [-0.15, -0.1) is 0 Å². The molecular formula is C23H21ClN2O3. The van der Waals surface area contributed by atoms with Crippen molar-refractivity contribution in [3.63, 3.8) is 0 Å². The number of nitrogens with one attached hydrogen (secondary N) is 1. The second kappa shape index (κ2) is 7.76. The van der Waals surface area contributed by atoms with Crippen LogP contribution in [0.1, 0.15) is 35.5 Å². The van der Waals surface area contributed by atoms with Crippen molar-refractivity contribution in [1.82, 2.24) is 9.88 Å². The van der Waals surface area contributed by atoms with Crippen LogP contribution in [0.4, 0.5) is 0 Å². The van der Waals surface area contributed by atoms with Crippen LogP contribution < -0.4 is 0 Å². The molecule has 148 valence electrons. The first-order valence-electron chi connectivity index (χ1n) is 9.57. The maximum Gasteiger partial charge on any atom is 0.341 e. The topological polar surface area (TPSA) is 62.4 Å². The summed E-state index contributed by atoms with van der Waals surface area (Å²) in [6, 6.07) is 14.7. The number of rotatable bonds is 3. The van der Waals surface area contributed by atoms with Gasteiger partial charge in [-0.05, 0) is 44.0 Å². The van der Waals surface area contributed by atoms with E-state index < -0.39 is 5.97 Å². The van der Waals surface area contributed by atoms with E-state index in [-0.39, 0.29) is 18.6 Å². The van der Waals surface area contributed by atoms with E-state index >= 15 is 0 Å². The number of fused-ring (bicyclic) bond motifs is 3. The average Bonchev–Trinajstić information content (AvgIpc) is 2.99. The molecule has 6 heteroatoms. The number of aromatic nitrogens is 1. The number of H-pyrrole nitrogens is 1. The van der Waals surface area contributed by atoms with Crippen LogP contribution in [0.2, 0.25) is 5.02 Å². The average molecular weight is 409 g/mol. The largest absolute Gasteiger partial charge is 0.462 e. The Balaban J connectivity index is 1.87. The van der Waals surface area contributed by atoms with Crippen molar-refractivity contribution in [2.45, 2.75) is 26.3 Å². The summed E-state index contributed by atoms with van der Waals surface area (Å²) in [6.45, 7) is 3.97. The van der Waals surface area contributed by atoms with E-state index in [1.807, 2.05) is 31.2 Å². The first-order valence-corrected chi connectivity index (χ1v) is 9.95. The van der Waals surface area contributed by atoms with Gasteiger partial charge in [0.15, 0.2) is 0 Å². The van der Waals surface area contributed by atoms with Gasteiger partial charge in [0.1, 0.15) is 0 Å².